The maximum absolute atomic E-state index is 3.80. The van der Waals surface area contributed by atoms with E-state index >= 15 is 0 Å². The second-order valence-electron chi connectivity index (χ2n) is 5.07. The molecule has 0 radical (unpaired) electrons. The number of hydrogen-bond acceptors (Lipinski definition) is 0. The first kappa shape index (κ1) is 12.7. The average molecular weight is 261 g/mol. The van der Waals surface area contributed by atoms with E-state index in [9.17, 15) is 0 Å². The largest absolute Gasteiger partial charge is 0.358 e. The fourth-order valence-electron chi connectivity index (χ4n) is 2.91. The van der Waals surface area contributed by atoms with Crippen LogP contribution in [0.1, 0.15) is 30.2 Å². The highest BCUT2D eigenvalue weighted by Gasteiger charge is 2.14. The number of nitrogens with one attached hydrogen (secondary N) is 1. The van der Waals surface area contributed by atoms with Gasteiger partial charge in [0.05, 0.1) is 0 Å². The molecule has 0 fully saturated rings. The van der Waals surface area contributed by atoms with Crippen LogP contribution in [0.2, 0.25) is 0 Å². The third kappa shape index (κ3) is 2.16. The fourth-order valence-corrected chi connectivity index (χ4v) is 2.91. The summed E-state index contributed by atoms with van der Waals surface area (Å²) in [6.45, 7) is 5.89. The molecule has 1 aliphatic rings. The first-order chi connectivity index (χ1) is 9.83. The van der Waals surface area contributed by atoms with E-state index in [1.54, 1.807) is 0 Å². The molecule has 0 spiro atoms. The zero-order valence-corrected chi connectivity index (χ0v) is 11.8. The number of allylic oxidation sites excluding steroid dienone is 2. The first-order valence-electron chi connectivity index (χ1n) is 7.09. The van der Waals surface area contributed by atoms with Gasteiger partial charge in [-0.3, -0.25) is 0 Å². The molecule has 1 aliphatic carbocycles. The molecule has 0 atom stereocenters. The molecule has 0 amide bonds. The number of hydrogen-bond donors (Lipinski definition) is 1. The van der Waals surface area contributed by atoms with Crippen LogP contribution in [0, 0.1) is 0 Å². The van der Waals surface area contributed by atoms with Gasteiger partial charge in [0.2, 0.25) is 0 Å². The minimum atomic E-state index is 1.07. The number of rotatable bonds is 2. The summed E-state index contributed by atoms with van der Waals surface area (Å²) in [5.41, 5.74) is 5.43. The van der Waals surface area contributed by atoms with Crippen molar-refractivity contribution in [2.24, 2.45) is 0 Å². The Bertz CT molecular complexity index is 773. The maximum atomic E-state index is 3.80. The molecule has 3 rings (SSSR count). The maximum Gasteiger partial charge on any atom is 0.0458 e. The van der Waals surface area contributed by atoms with Crippen LogP contribution in [0.4, 0.5) is 0 Å². The van der Waals surface area contributed by atoms with Crippen LogP contribution in [-0.2, 0) is 6.42 Å². The summed E-state index contributed by atoms with van der Waals surface area (Å²) in [4.78, 5) is 3.52. The third-order valence-corrected chi connectivity index (χ3v) is 3.87. The Morgan fingerprint density at radius 1 is 1.15 bits per heavy atom. The normalized spacial score (nSPS) is 15.9. The average Bonchev–Trinajstić information content (AvgIpc) is 2.84. The number of aromatic nitrogens is 1. The summed E-state index contributed by atoms with van der Waals surface area (Å²) < 4.78 is 0. The summed E-state index contributed by atoms with van der Waals surface area (Å²) >= 11 is 0. The van der Waals surface area contributed by atoms with E-state index in [-0.39, 0.29) is 0 Å². The summed E-state index contributed by atoms with van der Waals surface area (Å²) in [5, 5.41) is 2.45. The Morgan fingerprint density at radius 2 is 1.95 bits per heavy atom. The van der Waals surface area contributed by atoms with Crippen LogP contribution in [0.3, 0.4) is 0 Å². The molecule has 0 saturated heterocycles. The Balaban J connectivity index is 2.18. The molecule has 1 nitrogen and oxygen atoms in total. The molecule has 0 unspecified atom stereocenters. The van der Waals surface area contributed by atoms with Gasteiger partial charge < -0.3 is 4.98 Å². The zero-order chi connectivity index (χ0) is 13.9. The van der Waals surface area contributed by atoms with Crippen molar-refractivity contribution in [1.29, 1.82) is 0 Å². The molecule has 1 aromatic heterocycles. The minimum Gasteiger partial charge on any atom is -0.358 e. The molecule has 1 heterocycles. The lowest BCUT2D eigenvalue weighted by Crippen LogP contribution is -2.23. The van der Waals surface area contributed by atoms with Crippen LogP contribution >= 0.6 is 0 Å². The predicted octanol–water partition coefficient (Wildman–Crippen LogP) is 3.27. The lowest BCUT2D eigenvalue weighted by molar-refractivity contribution is 0.953. The van der Waals surface area contributed by atoms with E-state index in [0.717, 1.165) is 18.2 Å². The van der Waals surface area contributed by atoms with E-state index in [4.69, 9.17) is 0 Å². The van der Waals surface area contributed by atoms with Gasteiger partial charge in [0, 0.05) is 21.8 Å². The Kier molecular flexibility index (Phi) is 3.42. The topological polar surface area (TPSA) is 15.8 Å². The lowest BCUT2D eigenvalue weighted by atomic mass is 9.92. The van der Waals surface area contributed by atoms with Crippen molar-refractivity contribution >= 4 is 23.8 Å². The van der Waals surface area contributed by atoms with Crippen LogP contribution in [0.15, 0.2) is 43.0 Å². The van der Waals surface area contributed by atoms with Crippen LogP contribution in [0.25, 0.3) is 23.8 Å². The second kappa shape index (κ2) is 5.38. The smallest absolute Gasteiger partial charge is 0.0458 e. The summed E-state index contributed by atoms with van der Waals surface area (Å²) in [5.74, 6) is 0. The molecule has 100 valence electrons. The molecule has 0 aliphatic heterocycles. The van der Waals surface area contributed by atoms with Crippen LogP contribution < -0.4 is 10.6 Å². The van der Waals surface area contributed by atoms with E-state index < -0.39 is 0 Å². The molecule has 20 heavy (non-hydrogen) atoms. The Labute approximate surface area is 119 Å². The van der Waals surface area contributed by atoms with Gasteiger partial charge in [0.1, 0.15) is 0 Å². The lowest BCUT2D eigenvalue weighted by Gasteiger charge is -2.13. The highest BCUT2D eigenvalue weighted by atomic mass is 14.7. The second-order valence-corrected chi connectivity index (χ2v) is 5.07. The van der Waals surface area contributed by atoms with Gasteiger partial charge in [-0.05, 0) is 43.1 Å². The molecule has 0 saturated carbocycles. The van der Waals surface area contributed by atoms with Crippen molar-refractivity contribution in [1.82, 2.24) is 4.98 Å². The Morgan fingerprint density at radius 3 is 2.65 bits per heavy atom. The molecule has 2 aromatic rings. The highest BCUT2D eigenvalue weighted by molar-refractivity contribution is 5.84. The fraction of sp³-hybridized carbons (Fsp3) is 0.158. The van der Waals surface area contributed by atoms with Crippen molar-refractivity contribution in [3.8, 4) is 0 Å². The third-order valence-electron chi connectivity index (χ3n) is 3.87. The first-order valence-corrected chi connectivity index (χ1v) is 7.09. The molecule has 1 aromatic carbocycles. The van der Waals surface area contributed by atoms with Gasteiger partial charge in [0.15, 0.2) is 0 Å². The summed E-state index contributed by atoms with van der Waals surface area (Å²) in [6.07, 6.45) is 10.6. The number of benzene rings is 1. The molecule has 1 N–H and O–H groups in total. The number of H-pyrrole nitrogens is 1. The van der Waals surface area contributed by atoms with Gasteiger partial charge in [-0.15, -0.1) is 0 Å². The number of aryl methyl sites for hydroxylation is 1. The van der Waals surface area contributed by atoms with Crippen molar-refractivity contribution in [2.45, 2.75) is 19.8 Å². The van der Waals surface area contributed by atoms with E-state index in [1.807, 2.05) is 12.2 Å². The van der Waals surface area contributed by atoms with E-state index in [0.29, 0.717) is 0 Å². The predicted molar refractivity (Wildman–Crippen MR) is 87.5 cm³/mol. The van der Waals surface area contributed by atoms with Gasteiger partial charge in [-0.25, -0.2) is 0 Å². The minimum absolute atomic E-state index is 1.07. The Hall–Kier alpha value is -2.28. The standard InChI is InChI=1S/C19H19N/c1-3-8-18-16(4-2)17-13-15(11-12-19(17)20-18)14-9-6-5-7-10-14/h3-10,13,20H,1,11-12H2,2H3/b16-4-,18-8+. The quantitative estimate of drug-likeness (QED) is 0.854. The molecular formula is C19H19N. The molecule has 1 heteroatoms. The monoisotopic (exact) mass is 261 g/mol. The van der Waals surface area contributed by atoms with Crippen LogP contribution in [-0.4, -0.2) is 4.98 Å². The van der Waals surface area contributed by atoms with Gasteiger partial charge >= 0.3 is 0 Å². The number of aromatic amines is 1. The summed E-state index contributed by atoms with van der Waals surface area (Å²) in [7, 11) is 0. The van der Waals surface area contributed by atoms with Gasteiger partial charge in [-0.2, -0.15) is 0 Å². The zero-order valence-electron chi connectivity index (χ0n) is 11.8. The van der Waals surface area contributed by atoms with Gasteiger partial charge in [-0.1, -0.05) is 49.1 Å². The van der Waals surface area contributed by atoms with E-state index in [2.05, 4.69) is 61.0 Å². The van der Waals surface area contributed by atoms with Crippen molar-refractivity contribution < 1.29 is 0 Å². The molecular weight excluding hydrogens is 242 g/mol. The van der Waals surface area contributed by atoms with Crippen molar-refractivity contribution in [3.05, 3.63) is 70.4 Å². The highest BCUT2D eigenvalue weighted by Crippen LogP contribution is 2.27. The van der Waals surface area contributed by atoms with Gasteiger partial charge in [0.25, 0.3) is 0 Å². The SMILES string of the molecule is C=C/C=c1/[nH]c2c(/c1=C/C)C=C(c1ccccc1)CC2. The summed E-state index contributed by atoms with van der Waals surface area (Å²) in [6, 6.07) is 10.7. The molecule has 0 bridgehead atoms. The van der Waals surface area contributed by atoms with Crippen molar-refractivity contribution in [3.63, 3.8) is 0 Å². The van der Waals surface area contributed by atoms with Crippen molar-refractivity contribution in [2.75, 3.05) is 0 Å². The van der Waals surface area contributed by atoms with E-state index in [1.165, 1.54) is 27.6 Å². The van der Waals surface area contributed by atoms with Crippen LogP contribution in [0.5, 0.6) is 0 Å². The number of fused-ring (bicyclic) bond motifs is 1.